The number of nitrogens with one attached hydrogen (secondary N) is 1. The molecule has 3 nitrogen and oxygen atoms in total. The number of hydrogen-bond donors (Lipinski definition) is 1. The SMILES string of the molecule is COc1ccc(CNc2cccc3ncccc23)cc1Cl. The standard InChI is InChI=1S/C17H15ClN2O/c1-21-17-8-7-12(10-14(17)18)11-20-16-6-2-5-15-13(16)4-3-9-19-15/h2-10,20H,11H2,1H3. The van der Waals surface area contributed by atoms with Crippen LogP contribution >= 0.6 is 11.6 Å². The molecule has 0 radical (unpaired) electrons. The van der Waals surface area contributed by atoms with Crippen molar-refractivity contribution in [1.29, 1.82) is 0 Å². The molecule has 0 saturated carbocycles. The zero-order valence-electron chi connectivity index (χ0n) is 11.6. The van der Waals surface area contributed by atoms with Crippen LogP contribution in [0.4, 0.5) is 5.69 Å². The van der Waals surface area contributed by atoms with Gasteiger partial charge in [-0.25, -0.2) is 0 Å². The number of anilines is 1. The number of aromatic nitrogens is 1. The van der Waals surface area contributed by atoms with Crippen LogP contribution in [0.5, 0.6) is 5.75 Å². The molecule has 4 heteroatoms. The molecule has 1 N–H and O–H groups in total. The summed E-state index contributed by atoms with van der Waals surface area (Å²) in [6, 6.07) is 15.9. The fraction of sp³-hybridized carbons (Fsp3) is 0.118. The molecule has 1 aromatic heterocycles. The third-order valence-corrected chi connectivity index (χ3v) is 3.64. The van der Waals surface area contributed by atoms with Crippen LogP contribution in [-0.4, -0.2) is 12.1 Å². The van der Waals surface area contributed by atoms with Gasteiger partial charge in [-0.05, 0) is 42.0 Å². The largest absolute Gasteiger partial charge is 0.495 e. The molecule has 0 saturated heterocycles. The van der Waals surface area contributed by atoms with Crippen molar-refractivity contribution >= 4 is 28.2 Å². The van der Waals surface area contributed by atoms with E-state index in [2.05, 4.69) is 22.4 Å². The molecule has 3 rings (SSSR count). The highest BCUT2D eigenvalue weighted by Crippen LogP contribution is 2.26. The smallest absolute Gasteiger partial charge is 0.137 e. The van der Waals surface area contributed by atoms with Gasteiger partial charge in [0.25, 0.3) is 0 Å². The Balaban J connectivity index is 1.82. The zero-order valence-corrected chi connectivity index (χ0v) is 12.4. The van der Waals surface area contributed by atoms with Gasteiger partial charge in [-0.15, -0.1) is 0 Å². The van der Waals surface area contributed by atoms with Gasteiger partial charge >= 0.3 is 0 Å². The Labute approximate surface area is 128 Å². The van der Waals surface area contributed by atoms with Gasteiger partial charge in [0.15, 0.2) is 0 Å². The van der Waals surface area contributed by atoms with Gasteiger partial charge in [0.1, 0.15) is 5.75 Å². The van der Waals surface area contributed by atoms with E-state index in [1.807, 2.05) is 36.4 Å². The van der Waals surface area contributed by atoms with Crippen molar-refractivity contribution in [3.05, 3.63) is 65.3 Å². The molecule has 0 aliphatic rings. The number of pyridine rings is 1. The second-order valence-electron chi connectivity index (χ2n) is 4.70. The molecule has 0 atom stereocenters. The number of methoxy groups -OCH3 is 1. The highest BCUT2D eigenvalue weighted by Gasteiger charge is 2.04. The Kier molecular flexibility index (Phi) is 3.93. The Morgan fingerprint density at radius 2 is 2.05 bits per heavy atom. The van der Waals surface area contributed by atoms with E-state index in [4.69, 9.17) is 16.3 Å². The molecule has 0 unspecified atom stereocenters. The molecule has 106 valence electrons. The quantitative estimate of drug-likeness (QED) is 0.769. The maximum absolute atomic E-state index is 6.14. The van der Waals surface area contributed by atoms with Crippen molar-refractivity contribution < 1.29 is 4.74 Å². The summed E-state index contributed by atoms with van der Waals surface area (Å²) in [4.78, 5) is 4.36. The second-order valence-corrected chi connectivity index (χ2v) is 5.11. The van der Waals surface area contributed by atoms with Crippen LogP contribution in [0, 0.1) is 0 Å². The number of nitrogens with zero attached hydrogens (tertiary/aromatic N) is 1. The Morgan fingerprint density at radius 3 is 2.86 bits per heavy atom. The van der Waals surface area contributed by atoms with Gasteiger partial charge in [0.05, 0.1) is 17.6 Å². The minimum atomic E-state index is 0.622. The molecule has 21 heavy (non-hydrogen) atoms. The first-order valence-corrected chi connectivity index (χ1v) is 7.06. The first-order valence-electron chi connectivity index (χ1n) is 6.68. The van der Waals surface area contributed by atoms with Crippen molar-refractivity contribution in [3.63, 3.8) is 0 Å². The summed E-state index contributed by atoms with van der Waals surface area (Å²) in [6.45, 7) is 0.692. The van der Waals surface area contributed by atoms with E-state index in [9.17, 15) is 0 Å². The van der Waals surface area contributed by atoms with E-state index in [0.717, 1.165) is 22.2 Å². The Morgan fingerprint density at radius 1 is 1.14 bits per heavy atom. The maximum Gasteiger partial charge on any atom is 0.137 e. The van der Waals surface area contributed by atoms with Gasteiger partial charge in [-0.2, -0.15) is 0 Å². The van der Waals surface area contributed by atoms with Gasteiger partial charge in [-0.3, -0.25) is 4.98 Å². The number of fused-ring (bicyclic) bond motifs is 1. The molecule has 0 aliphatic heterocycles. The molecular formula is C17H15ClN2O. The lowest BCUT2D eigenvalue weighted by molar-refractivity contribution is 0.415. The van der Waals surface area contributed by atoms with Crippen LogP contribution in [0.15, 0.2) is 54.7 Å². The topological polar surface area (TPSA) is 34.1 Å². The van der Waals surface area contributed by atoms with Gasteiger partial charge in [0.2, 0.25) is 0 Å². The van der Waals surface area contributed by atoms with E-state index in [0.29, 0.717) is 17.3 Å². The lowest BCUT2D eigenvalue weighted by Gasteiger charge is -2.10. The number of halogens is 1. The summed E-state index contributed by atoms with van der Waals surface area (Å²) in [5, 5.41) is 5.16. The highest BCUT2D eigenvalue weighted by molar-refractivity contribution is 6.32. The summed E-state index contributed by atoms with van der Waals surface area (Å²) >= 11 is 6.14. The molecule has 0 amide bonds. The van der Waals surface area contributed by atoms with Gasteiger partial charge in [-0.1, -0.05) is 23.7 Å². The first kappa shape index (κ1) is 13.7. The molecule has 0 spiro atoms. The van der Waals surface area contributed by atoms with Crippen molar-refractivity contribution in [2.45, 2.75) is 6.54 Å². The minimum absolute atomic E-state index is 0.622. The monoisotopic (exact) mass is 298 g/mol. The summed E-state index contributed by atoms with van der Waals surface area (Å²) in [6.07, 6.45) is 1.80. The molecular weight excluding hydrogens is 284 g/mol. The average Bonchev–Trinajstić information content (AvgIpc) is 2.53. The predicted octanol–water partition coefficient (Wildman–Crippen LogP) is 4.51. The van der Waals surface area contributed by atoms with E-state index in [1.165, 1.54) is 0 Å². The summed E-state index contributed by atoms with van der Waals surface area (Å²) in [5.74, 6) is 0.690. The van der Waals surface area contributed by atoms with Crippen molar-refractivity contribution in [3.8, 4) is 5.75 Å². The highest BCUT2D eigenvalue weighted by atomic mass is 35.5. The average molecular weight is 299 g/mol. The van der Waals surface area contributed by atoms with Crippen molar-refractivity contribution in [2.24, 2.45) is 0 Å². The molecule has 3 aromatic rings. The minimum Gasteiger partial charge on any atom is -0.495 e. The van der Waals surface area contributed by atoms with Crippen molar-refractivity contribution in [2.75, 3.05) is 12.4 Å². The third-order valence-electron chi connectivity index (χ3n) is 3.34. The lowest BCUT2D eigenvalue weighted by atomic mass is 10.1. The van der Waals surface area contributed by atoms with Crippen LogP contribution in [0.1, 0.15) is 5.56 Å². The molecule has 0 fully saturated rings. The summed E-state index contributed by atoms with van der Waals surface area (Å²) in [7, 11) is 1.61. The van der Waals surface area contributed by atoms with Gasteiger partial charge < -0.3 is 10.1 Å². The van der Waals surface area contributed by atoms with Gasteiger partial charge in [0, 0.05) is 23.8 Å². The third kappa shape index (κ3) is 2.93. The second kappa shape index (κ2) is 6.02. The lowest BCUT2D eigenvalue weighted by Crippen LogP contribution is -2.00. The Hall–Kier alpha value is -2.26. The van der Waals surface area contributed by atoms with E-state index < -0.39 is 0 Å². The fourth-order valence-electron chi connectivity index (χ4n) is 2.27. The first-order chi connectivity index (χ1) is 10.3. The number of ether oxygens (including phenoxy) is 1. The van der Waals surface area contributed by atoms with Crippen LogP contribution in [-0.2, 0) is 6.54 Å². The molecule has 0 bridgehead atoms. The van der Waals surface area contributed by atoms with Crippen LogP contribution in [0.3, 0.4) is 0 Å². The Bertz CT molecular complexity index is 768. The normalized spacial score (nSPS) is 10.6. The number of rotatable bonds is 4. The maximum atomic E-state index is 6.14. The number of benzene rings is 2. The van der Waals surface area contributed by atoms with Crippen molar-refractivity contribution in [1.82, 2.24) is 4.98 Å². The van der Waals surface area contributed by atoms with Crippen LogP contribution in [0.25, 0.3) is 10.9 Å². The zero-order chi connectivity index (χ0) is 14.7. The van der Waals surface area contributed by atoms with E-state index in [-0.39, 0.29) is 0 Å². The van der Waals surface area contributed by atoms with Crippen LogP contribution in [0.2, 0.25) is 5.02 Å². The fourth-order valence-corrected chi connectivity index (χ4v) is 2.55. The summed E-state index contributed by atoms with van der Waals surface area (Å²) < 4.78 is 5.16. The molecule has 2 aromatic carbocycles. The van der Waals surface area contributed by atoms with E-state index in [1.54, 1.807) is 13.3 Å². The number of hydrogen-bond acceptors (Lipinski definition) is 3. The molecule has 0 aliphatic carbocycles. The van der Waals surface area contributed by atoms with Crippen LogP contribution < -0.4 is 10.1 Å². The van der Waals surface area contributed by atoms with E-state index >= 15 is 0 Å². The summed E-state index contributed by atoms with van der Waals surface area (Å²) in [5.41, 5.74) is 3.14. The molecule has 1 heterocycles. The predicted molar refractivity (Wildman–Crippen MR) is 87.1 cm³/mol.